The van der Waals surface area contributed by atoms with Crippen LogP contribution in [-0.2, 0) is 11.2 Å². The third-order valence-electron chi connectivity index (χ3n) is 4.39. The van der Waals surface area contributed by atoms with E-state index in [1.807, 2.05) is 6.07 Å². The van der Waals surface area contributed by atoms with Gasteiger partial charge in [0.15, 0.2) is 0 Å². The molecular weight excluding hydrogens is 388 g/mol. The first kappa shape index (κ1) is 20.7. The summed E-state index contributed by atoms with van der Waals surface area (Å²) in [6.07, 6.45) is 3.61. The molecule has 0 spiro atoms. The van der Waals surface area contributed by atoms with Gasteiger partial charge in [0, 0.05) is 18.2 Å². The van der Waals surface area contributed by atoms with Crippen LogP contribution in [0.2, 0.25) is 0 Å². The first-order valence-corrected chi connectivity index (χ1v) is 9.23. The quantitative estimate of drug-likeness (QED) is 0.464. The van der Waals surface area contributed by atoms with Gasteiger partial charge in [-0.15, -0.1) is 0 Å². The zero-order chi connectivity index (χ0) is 21.5. The van der Waals surface area contributed by atoms with E-state index in [1.54, 1.807) is 18.2 Å². The second-order valence-electron chi connectivity index (χ2n) is 6.46. The van der Waals surface area contributed by atoms with Gasteiger partial charge in [-0.25, -0.2) is 13.5 Å². The Labute approximate surface area is 172 Å². The fourth-order valence-electron chi connectivity index (χ4n) is 2.86. The summed E-state index contributed by atoms with van der Waals surface area (Å²) in [6, 6.07) is 13.8. The van der Waals surface area contributed by atoms with Crippen LogP contribution in [0.4, 0.5) is 14.6 Å². The SMILES string of the molecule is N#Cc1c(CCCNC(=O)/C=C/c2ccccc2F)nn(-c2ccc(F)cc2)c1N. The summed E-state index contributed by atoms with van der Waals surface area (Å²) in [5.41, 5.74) is 7.64. The van der Waals surface area contributed by atoms with Crippen LogP contribution in [0.15, 0.2) is 54.6 Å². The minimum Gasteiger partial charge on any atom is -0.382 e. The van der Waals surface area contributed by atoms with Crippen molar-refractivity contribution in [3.8, 4) is 11.8 Å². The largest absolute Gasteiger partial charge is 0.382 e. The molecule has 30 heavy (non-hydrogen) atoms. The highest BCUT2D eigenvalue weighted by Gasteiger charge is 2.16. The third kappa shape index (κ3) is 4.89. The second kappa shape index (κ2) is 9.47. The number of carbonyl (C=O) groups excluding carboxylic acids is 1. The minimum atomic E-state index is -0.403. The number of halogens is 2. The molecule has 0 aliphatic carbocycles. The minimum absolute atomic E-state index is 0.177. The Kier molecular flexibility index (Phi) is 6.55. The molecule has 0 saturated carbocycles. The highest BCUT2D eigenvalue weighted by atomic mass is 19.1. The van der Waals surface area contributed by atoms with Gasteiger partial charge in [0.1, 0.15) is 29.1 Å². The summed E-state index contributed by atoms with van der Waals surface area (Å²) in [5.74, 6) is -0.962. The number of anilines is 1. The van der Waals surface area contributed by atoms with Crippen LogP contribution in [0.5, 0.6) is 0 Å². The molecule has 3 rings (SSSR count). The van der Waals surface area contributed by atoms with Gasteiger partial charge in [0.2, 0.25) is 5.91 Å². The molecule has 1 aromatic heterocycles. The van der Waals surface area contributed by atoms with Gasteiger partial charge in [-0.1, -0.05) is 18.2 Å². The summed E-state index contributed by atoms with van der Waals surface area (Å²) in [6.45, 7) is 0.342. The lowest BCUT2D eigenvalue weighted by Gasteiger charge is -2.03. The maximum absolute atomic E-state index is 13.5. The van der Waals surface area contributed by atoms with Crippen LogP contribution in [0.1, 0.15) is 23.2 Å². The Morgan fingerprint density at radius 3 is 2.63 bits per heavy atom. The Morgan fingerprint density at radius 2 is 1.93 bits per heavy atom. The number of amides is 1. The van der Waals surface area contributed by atoms with Crippen molar-refractivity contribution in [2.75, 3.05) is 12.3 Å². The van der Waals surface area contributed by atoms with Crippen LogP contribution < -0.4 is 11.1 Å². The lowest BCUT2D eigenvalue weighted by Crippen LogP contribution is -2.22. The molecule has 0 aliphatic rings. The molecule has 0 aliphatic heterocycles. The standard InChI is InChI=1S/C22H19F2N5O/c23-16-8-10-17(11-9-16)29-22(26)18(14-25)20(28-29)6-3-13-27-21(30)12-7-15-4-1-2-5-19(15)24/h1-2,4-5,7-12H,3,6,13,26H2,(H,27,30)/b12-7+. The molecule has 0 bridgehead atoms. The van der Waals surface area contributed by atoms with Gasteiger partial charge in [-0.3, -0.25) is 4.79 Å². The van der Waals surface area contributed by atoms with Crippen molar-refractivity contribution in [3.05, 3.63) is 83.1 Å². The lowest BCUT2D eigenvalue weighted by molar-refractivity contribution is -0.116. The molecule has 0 fully saturated rings. The van der Waals surface area contributed by atoms with Crippen molar-refractivity contribution in [2.24, 2.45) is 0 Å². The molecule has 0 saturated heterocycles. The highest BCUT2D eigenvalue weighted by Crippen LogP contribution is 2.21. The third-order valence-corrected chi connectivity index (χ3v) is 4.39. The number of carbonyl (C=O) groups is 1. The van der Waals surface area contributed by atoms with E-state index in [1.165, 1.54) is 47.2 Å². The average molecular weight is 407 g/mol. The van der Waals surface area contributed by atoms with E-state index in [0.29, 0.717) is 36.3 Å². The maximum Gasteiger partial charge on any atom is 0.244 e. The molecular formula is C22H19F2N5O. The molecule has 152 valence electrons. The summed E-state index contributed by atoms with van der Waals surface area (Å²) in [7, 11) is 0. The van der Waals surface area contributed by atoms with E-state index >= 15 is 0 Å². The number of hydrogen-bond donors (Lipinski definition) is 2. The molecule has 3 aromatic rings. The smallest absolute Gasteiger partial charge is 0.244 e. The molecule has 0 unspecified atom stereocenters. The molecule has 2 aromatic carbocycles. The van der Waals surface area contributed by atoms with Gasteiger partial charge in [0.05, 0.1) is 11.4 Å². The van der Waals surface area contributed by atoms with Crippen molar-refractivity contribution in [2.45, 2.75) is 12.8 Å². The number of aryl methyl sites for hydroxylation is 1. The van der Waals surface area contributed by atoms with Crippen LogP contribution in [0, 0.1) is 23.0 Å². The number of nitrogens with zero attached hydrogens (tertiary/aromatic N) is 3. The summed E-state index contributed by atoms with van der Waals surface area (Å²) < 4.78 is 28.1. The molecule has 8 heteroatoms. The predicted octanol–water partition coefficient (Wildman–Crippen LogP) is 3.37. The number of nitrogens with one attached hydrogen (secondary N) is 1. The van der Waals surface area contributed by atoms with Crippen LogP contribution in [0.3, 0.4) is 0 Å². The van der Waals surface area contributed by atoms with Crippen LogP contribution in [0.25, 0.3) is 11.8 Å². The lowest BCUT2D eigenvalue weighted by atomic mass is 10.1. The number of aromatic nitrogens is 2. The van der Waals surface area contributed by atoms with Crippen molar-refractivity contribution >= 4 is 17.8 Å². The first-order valence-electron chi connectivity index (χ1n) is 9.23. The normalized spacial score (nSPS) is 10.8. The van der Waals surface area contributed by atoms with E-state index in [0.717, 1.165) is 0 Å². The van der Waals surface area contributed by atoms with Crippen molar-refractivity contribution in [3.63, 3.8) is 0 Å². The number of benzene rings is 2. The van der Waals surface area contributed by atoms with Gasteiger partial charge in [-0.05, 0) is 49.2 Å². The average Bonchev–Trinajstić information content (AvgIpc) is 3.06. The molecule has 0 atom stereocenters. The second-order valence-corrected chi connectivity index (χ2v) is 6.46. The molecule has 1 heterocycles. The van der Waals surface area contributed by atoms with E-state index in [2.05, 4.69) is 10.4 Å². The zero-order valence-electron chi connectivity index (χ0n) is 16.0. The van der Waals surface area contributed by atoms with Gasteiger partial charge >= 0.3 is 0 Å². The Hall–Kier alpha value is -3.99. The Morgan fingerprint density at radius 1 is 1.20 bits per heavy atom. The van der Waals surface area contributed by atoms with E-state index < -0.39 is 5.82 Å². The van der Waals surface area contributed by atoms with Crippen molar-refractivity contribution in [1.82, 2.24) is 15.1 Å². The van der Waals surface area contributed by atoms with Crippen LogP contribution >= 0.6 is 0 Å². The fourth-order valence-corrected chi connectivity index (χ4v) is 2.86. The molecule has 6 nitrogen and oxygen atoms in total. The maximum atomic E-state index is 13.5. The molecule has 3 N–H and O–H groups in total. The molecule has 1 amide bonds. The van der Waals surface area contributed by atoms with E-state index in [-0.39, 0.29) is 23.1 Å². The summed E-state index contributed by atoms with van der Waals surface area (Å²) in [5, 5.41) is 16.5. The first-order chi connectivity index (χ1) is 14.5. The molecule has 0 radical (unpaired) electrons. The Bertz CT molecular complexity index is 1110. The van der Waals surface area contributed by atoms with Gasteiger partial charge < -0.3 is 11.1 Å². The van der Waals surface area contributed by atoms with E-state index in [9.17, 15) is 18.8 Å². The Balaban J connectivity index is 1.58. The van der Waals surface area contributed by atoms with Crippen molar-refractivity contribution in [1.29, 1.82) is 5.26 Å². The number of nitrogen functional groups attached to an aromatic ring is 1. The van der Waals surface area contributed by atoms with Gasteiger partial charge in [0.25, 0.3) is 0 Å². The highest BCUT2D eigenvalue weighted by molar-refractivity contribution is 5.91. The topological polar surface area (TPSA) is 96.7 Å². The number of rotatable bonds is 7. The monoisotopic (exact) mass is 407 g/mol. The number of hydrogen-bond acceptors (Lipinski definition) is 4. The number of nitrogens with two attached hydrogens (primary N) is 1. The van der Waals surface area contributed by atoms with E-state index in [4.69, 9.17) is 5.73 Å². The number of nitriles is 1. The fraction of sp³-hybridized carbons (Fsp3) is 0.136. The zero-order valence-corrected chi connectivity index (χ0v) is 16.0. The van der Waals surface area contributed by atoms with Crippen molar-refractivity contribution < 1.29 is 13.6 Å². The van der Waals surface area contributed by atoms with Crippen LogP contribution in [-0.4, -0.2) is 22.2 Å². The summed E-state index contributed by atoms with van der Waals surface area (Å²) >= 11 is 0. The summed E-state index contributed by atoms with van der Waals surface area (Å²) in [4.78, 5) is 11.9. The van der Waals surface area contributed by atoms with Gasteiger partial charge in [-0.2, -0.15) is 10.4 Å². The predicted molar refractivity (Wildman–Crippen MR) is 109 cm³/mol.